The van der Waals surface area contributed by atoms with Crippen LogP contribution in [0.2, 0.25) is 0 Å². The molecule has 0 saturated carbocycles. The summed E-state index contributed by atoms with van der Waals surface area (Å²) in [4.78, 5) is 0. The monoisotopic (exact) mass is 314 g/mol. The molecule has 1 N–H and O–H groups in total. The van der Waals surface area contributed by atoms with E-state index in [9.17, 15) is 0 Å². The first-order valence-corrected chi connectivity index (χ1v) is 9.86. The van der Waals surface area contributed by atoms with Crippen molar-refractivity contribution in [1.82, 2.24) is 0 Å². The van der Waals surface area contributed by atoms with Crippen LogP contribution in [0.25, 0.3) is 0 Å². The Morgan fingerprint density at radius 1 is 1.36 bits per heavy atom. The van der Waals surface area contributed by atoms with E-state index >= 15 is 0 Å². The molecule has 22 heavy (non-hydrogen) atoms. The fourth-order valence-electron chi connectivity index (χ4n) is 2.39. The van der Waals surface area contributed by atoms with Gasteiger partial charge in [-0.25, -0.2) is 0 Å². The molecule has 119 valence electrons. The van der Waals surface area contributed by atoms with Crippen LogP contribution < -0.4 is 5.32 Å². The molecule has 2 unspecified atom stereocenters. The van der Waals surface area contributed by atoms with Crippen molar-refractivity contribution in [2.75, 3.05) is 11.6 Å². The zero-order chi connectivity index (χ0) is 16.7. The van der Waals surface area contributed by atoms with E-state index in [0.717, 1.165) is 30.0 Å². The standard InChI is InChI=1S/C19H29BNS/c1-7-14(3)15(4)11-16(5)21-19-10-9-17(8-2)18(12-19)13-22(6)20/h9-12,14,21H,5,7-8,13H2,1-4,6H3/b15-11+. The Kier molecular flexibility index (Phi) is 7.88. The third-order valence-corrected chi connectivity index (χ3v) is 4.83. The van der Waals surface area contributed by atoms with Crippen molar-refractivity contribution in [2.45, 2.75) is 46.3 Å². The minimum absolute atomic E-state index is 0.0781. The van der Waals surface area contributed by atoms with Gasteiger partial charge in [-0.2, -0.15) is 0 Å². The average molecular weight is 314 g/mol. The van der Waals surface area contributed by atoms with Crippen LogP contribution in [0.1, 0.15) is 45.2 Å². The molecule has 0 aliphatic carbocycles. The predicted octanol–water partition coefficient (Wildman–Crippen LogP) is 5.65. The van der Waals surface area contributed by atoms with E-state index in [0.29, 0.717) is 5.92 Å². The first-order chi connectivity index (χ1) is 10.4. The number of rotatable bonds is 8. The molecule has 0 spiro atoms. The normalized spacial score (nSPS) is 14.5. The maximum absolute atomic E-state index is 5.99. The first kappa shape index (κ1) is 19.0. The summed E-state index contributed by atoms with van der Waals surface area (Å²) >= 11 is 0. The van der Waals surface area contributed by atoms with Gasteiger partial charge in [0.15, 0.2) is 0 Å². The van der Waals surface area contributed by atoms with E-state index < -0.39 is 0 Å². The molecular weight excluding hydrogens is 285 g/mol. The maximum atomic E-state index is 5.99. The second-order valence-electron chi connectivity index (χ2n) is 6.02. The predicted molar refractivity (Wildman–Crippen MR) is 105 cm³/mol. The minimum atomic E-state index is -0.0781. The summed E-state index contributed by atoms with van der Waals surface area (Å²) < 4.78 is 0. The number of hydrogen-bond donors (Lipinski definition) is 1. The summed E-state index contributed by atoms with van der Waals surface area (Å²) in [6.07, 6.45) is 6.42. The van der Waals surface area contributed by atoms with Crippen molar-refractivity contribution in [2.24, 2.45) is 5.92 Å². The SMILES string of the molecule is [B]=S(C)Cc1cc(NC(=C)/C=C(\C)C(C)CC)ccc1CC. The molecule has 0 amide bonds. The fourth-order valence-corrected chi connectivity index (χ4v) is 3.15. The van der Waals surface area contributed by atoms with Crippen molar-refractivity contribution in [3.8, 4) is 0 Å². The molecule has 2 atom stereocenters. The van der Waals surface area contributed by atoms with Crippen molar-refractivity contribution in [3.05, 3.63) is 53.3 Å². The first-order valence-electron chi connectivity index (χ1n) is 8.00. The molecule has 3 heteroatoms. The van der Waals surface area contributed by atoms with Crippen molar-refractivity contribution in [1.29, 1.82) is 0 Å². The van der Waals surface area contributed by atoms with Gasteiger partial charge in [0.2, 0.25) is 0 Å². The number of nitrogens with one attached hydrogen (secondary N) is 1. The van der Waals surface area contributed by atoms with E-state index in [1.807, 2.05) is 0 Å². The van der Waals surface area contributed by atoms with Crippen LogP contribution in [0.15, 0.2) is 42.1 Å². The van der Waals surface area contributed by atoms with Gasteiger partial charge in [-0.1, -0.05) is 0 Å². The molecule has 0 saturated heterocycles. The van der Waals surface area contributed by atoms with Crippen molar-refractivity contribution >= 4 is 22.7 Å². The molecule has 1 aromatic carbocycles. The molecule has 1 rings (SSSR count). The van der Waals surface area contributed by atoms with Gasteiger partial charge in [0, 0.05) is 0 Å². The van der Waals surface area contributed by atoms with Gasteiger partial charge in [0.1, 0.15) is 0 Å². The van der Waals surface area contributed by atoms with Gasteiger partial charge in [-0.3, -0.25) is 0 Å². The molecule has 1 nitrogen and oxygen atoms in total. The number of aryl methyl sites for hydroxylation is 1. The summed E-state index contributed by atoms with van der Waals surface area (Å²) in [5, 5.41) is 3.41. The number of anilines is 1. The Bertz CT molecular complexity index is 575. The average Bonchev–Trinajstić information content (AvgIpc) is 2.45. The quantitative estimate of drug-likeness (QED) is 0.483. The van der Waals surface area contributed by atoms with Gasteiger partial charge >= 0.3 is 140 Å². The van der Waals surface area contributed by atoms with Crippen LogP contribution >= 0.6 is 10.3 Å². The van der Waals surface area contributed by atoms with Crippen molar-refractivity contribution < 1.29 is 0 Å². The fraction of sp³-hybridized carbons (Fsp3) is 0.474. The zero-order valence-corrected chi connectivity index (χ0v) is 15.5. The summed E-state index contributed by atoms with van der Waals surface area (Å²) in [6.45, 7) is 18.9. The molecule has 0 fully saturated rings. The van der Waals surface area contributed by atoms with Crippen molar-refractivity contribution in [3.63, 3.8) is 0 Å². The molecule has 0 heterocycles. The van der Waals surface area contributed by atoms with E-state index in [1.54, 1.807) is 0 Å². The van der Waals surface area contributed by atoms with E-state index in [2.05, 4.69) is 70.1 Å². The van der Waals surface area contributed by atoms with Crippen LogP contribution in [0.3, 0.4) is 0 Å². The molecule has 0 bridgehead atoms. The number of hydrogen-bond acceptors (Lipinski definition) is 1. The van der Waals surface area contributed by atoms with E-state index in [4.69, 9.17) is 6.72 Å². The molecule has 1 radical (unpaired) electrons. The van der Waals surface area contributed by atoms with Gasteiger partial charge < -0.3 is 0 Å². The third kappa shape index (κ3) is 5.96. The summed E-state index contributed by atoms with van der Waals surface area (Å²) in [5.74, 6) is 1.53. The van der Waals surface area contributed by atoms with Gasteiger partial charge in [0.05, 0.1) is 0 Å². The Balaban J connectivity index is 2.89. The number of benzene rings is 1. The van der Waals surface area contributed by atoms with Gasteiger partial charge in [0.25, 0.3) is 0 Å². The molecule has 0 aliphatic heterocycles. The van der Waals surface area contributed by atoms with E-state index in [-0.39, 0.29) is 10.3 Å². The van der Waals surface area contributed by atoms with Crippen LogP contribution in [-0.2, 0) is 12.2 Å². The molecular formula is C19H29BNS. The van der Waals surface area contributed by atoms with Gasteiger partial charge in [-0.15, -0.1) is 0 Å². The Labute approximate surface area is 140 Å². The molecule has 1 aromatic rings. The van der Waals surface area contributed by atoms with Crippen LogP contribution in [0.5, 0.6) is 0 Å². The Hall–Kier alpha value is -1.09. The van der Waals surface area contributed by atoms with Crippen LogP contribution in [-0.4, -0.2) is 13.0 Å². The summed E-state index contributed by atoms with van der Waals surface area (Å²) in [6, 6.07) is 6.54. The molecule has 0 aliphatic rings. The third-order valence-electron chi connectivity index (χ3n) is 4.07. The van der Waals surface area contributed by atoms with Crippen LogP contribution in [0, 0.1) is 5.92 Å². The Morgan fingerprint density at radius 3 is 2.59 bits per heavy atom. The zero-order valence-electron chi connectivity index (χ0n) is 14.7. The Morgan fingerprint density at radius 2 is 2.05 bits per heavy atom. The molecule has 0 aromatic heterocycles. The van der Waals surface area contributed by atoms with E-state index in [1.165, 1.54) is 16.7 Å². The van der Waals surface area contributed by atoms with Crippen LogP contribution in [0.4, 0.5) is 5.69 Å². The number of allylic oxidation sites excluding steroid dienone is 2. The second kappa shape index (κ2) is 9.14. The topological polar surface area (TPSA) is 12.0 Å². The summed E-state index contributed by atoms with van der Waals surface area (Å²) in [7, 11) is -0.0781. The van der Waals surface area contributed by atoms with Gasteiger partial charge in [-0.05, 0) is 0 Å². The second-order valence-corrected chi connectivity index (χ2v) is 7.69. The summed E-state index contributed by atoms with van der Waals surface area (Å²) in [5.41, 5.74) is 6.12.